The lowest BCUT2D eigenvalue weighted by atomic mass is 9.78. The van der Waals surface area contributed by atoms with Crippen molar-refractivity contribution in [3.63, 3.8) is 0 Å². The van der Waals surface area contributed by atoms with E-state index < -0.39 is 23.9 Å². The number of aromatic amines is 1. The highest BCUT2D eigenvalue weighted by Gasteiger charge is 2.52. The van der Waals surface area contributed by atoms with Gasteiger partial charge in [0.2, 0.25) is 5.88 Å². The van der Waals surface area contributed by atoms with E-state index in [1.807, 2.05) is 27.7 Å². The van der Waals surface area contributed by atoms with Crippen LogP contribution >= 0.6 is 11.8 Å². The van der Waals surface area contributed by atoms with Crippen LogP contribution in [-0.4, -0.2) is 44.3 Å². The molecule has 1 aromatic heterocycles. The maximum atomic E-state index is 11.9. The number of aromatic hydroxyl groups is 1. The Labute approximate surface area is 145 Å². The summed E-state index contributed by atoms with van der Waals surface area (Å²) in [6, 6.07) is 0. The van der Waals surface area contributed by atoms with Gasteiger partial charge in [-0.2, -0.15) is 0 Å². The monoisotopic (exact) mass is 352 g/mol. The molecule has 0 saturated carbocycles. The van der Waals surface area contributed by atoms with E-state index in [9.17, 15) is 14.7 Å². The van der Waals surface area contributed by atoms with Crippen LogP contribution in [0.3, 0.4) is 0 Å². The van der Waals surface area contributed by atoms with Crippen LogP contribution in [0, 0.1) is 0 Å². The molecular weight excluding hydrogens is 331 g/mol. The van der Waals surface area contributed by atoms with Gasteiger partial charge >= 0.3 is 7.12 Å². The lowest BCUT2D eigenvalue weighted by Crippen LogP contribution is -2.41. The van der Waals surface area contributed by atoms with Crippen molar-refractivity contribution in [2.45, 2.75) is 45.8 Å². The first-order valence-electron chi connectivity index (χ1n) is 7.49. The summed E-state index contributed by atoms with van der Waals surface area (Å²) in [4.78, 5) is 29.3. The number of hydrogen-bond donors (Lipinski definition) is 2. The number of thioether (sulfide) groups is 1. The number of H-pyrrole nitrogens is 1. The van der Waals surface area contributed by atoms with Crippen molar-refractivity contribution in [1.82, 2.24) is 9.97 Å². The minimum atomic E-state index is -0.721. The highest BCUT2D eigenvalue weighted by atomic mass is 32.2. The van der Waals surface area contributed by atoms with Crippen molar-refractivity contribution in [2.24, 2.45) is 0 Å². The van der Waals surface area contributed by atoms with Gasteiger partial charge in [-0.15, -0.1) is 0 Å². The van der Waals surface area contributed by atoms with E-state index in [1.54, 1.807) is 0 Å². The van der Waals surface area contributed by atoms with Crippen molar-refractivity contribution >= 4 is 30.1 Å². The summed E-state index contributed by atoms with van der Waals surface area (Å²) in [7, 11) is -0.721. The van der Waals surface area contributed by atoms with Crippen LogP contribution in [0.15, 0.2) is 16.6 Å². The number of nitrogens with zero attached hydrogens (tertiary/aromatic N) is 1. The average Bonchev–Trinajstić information content (AvgIpc) is 2.65. The smallest absolute Gasteiger partial charge is 0.491 e. The molecule has 0 bridgehead atoms. The van der Waals surface area contributed by atoms with Crippen LogP contribution in [0.5, 0.6) is 5.88 Å². The van der Waals surface area contributed by atoms with Crippen LogP contribution in [0.25, 0.3) is 6.08 Å². The van der Waals surface area contributed by atoms with Gasteiger partial charge in [0.25, 0.3) is 5.56 Å². The quantitative estimate of drug-likeness (QED) is 0.796. The van der Waals surface area contributed by atoms with Crippen molar-refractivity contribution in [1.29, 1.82) is 0 Å². The lowest BCUT2D eigenvalue weighted by Gasteiger charge is -2.32. The molecule has 2 heterocycles. The fraction of sp³-hybridized carbons (Fsp3) is 0.533. The summed E-state index contributed by atoms with van der Waals surface area (Å²) >= 11 is 1.08. The van der Waals surface area contributed by atoms with Gasteiger partial charge in [-0.1, -0.05) is 11.8 Å². The predicted molar refractivity (Wildman–Crippen MR) is 93.7 cm³/mol. The number of carbonyl (C=O) groups excluding carboxylic acids is 1. The highest BCUT2D eigenvalue weighted by molar-refractivity contribution is 8.13. The maximum absolute atomic E-state index is 11.9. The van der Waals surface area contributed by atoms with E-state index in [4.69, 9.17) is 9.31 Å². The van der Waals surface area contributed by atoms with Crippen LogP contribution < -0.4 is 5.56 Å². The third kappa shape index (κ3) is 3.91. The third-order valence-corrected chi connectivity index (χ3v) is 5.08. The second kappa shape index (κ2) is 6.74. The van der Waals surface area contributed by atoms with E-state index in [-0.39, 0.29) is 22.3 Å². The molecule has 9 heteroatoms. The van der Waals surface area contributed by atoms with E-state index in [2.05, 4.69) is 9.97 Å². The SMILES string of the molecule is CC(=O)SCC(=Cc1c(O)nc[nH]c1=O)B1OC(C)(C)C(C)(C)O1. The molecule has 0 aliphatic carbocycles. The Bertz CT molecular complexity index is 713. The van der Waals surface area contributed by atoms with Crippen LogP contribution in [0.1, 0.15) is 40.2 Å². The van der Waals surface area contributed by atoms with Gasteiger partial charge in [-0.05, 0) is 39.2 Å². The molecule has 1 fully saturated rings. The summed E-state index contributed by atoms with van der Waals surface area (Å²) in [5.41, 5.74) is -1.01. The fourth-order valence-corrected chi connectivity index (χ4v) is 2.66. The molecule has 2 N–H and O–H groups in total. The van der Waals surface area contributed by atoms with Crippen molar-refractivity contribution in [2.75, 3.05) is 5.75 Å². The Morgan fingerprint density at radius 3 is 2.46 bits per heavy atom. The third-order valence-electron chi connectivity index (χ3n) is 4.20. The number of aromatic nitrogens is 2. The molecule has 7 nitrogen and oxygen atoms in total. The molecule has 0 spiro atoms. The van der Waals surface area contributed by atoms with Crippen LogP contribution in [-0.2, 0) is 14.1 Å². The Kier molecular flexibility index (Phi) is 5.27. The number of carbonyl (C=O) groups is 1. The van der Waals surface area contributed by atoms with Gasteiger partial charge in [0.15, 0.2) is 5.12 Å². The molecule has 0 unspecified atom stereocenters. The summed E-state index contributed by atoms with van der Waals surface area (Å²) in [5, 5.41) is 9.77. The first-order valence-corrected chi connectivity index (χ1v) is 8.48. The zero-order chi connectivity index (χ0) is 18.1. The summed E-state index contributed by atoms with van der Waals surface area (Å²) < 4.78 is 12.0. The van der Waals surface area contributed by atoms with E-state index in [0.29, 0.717) is 5.47 Å². The zero-order valence-electron chi connectivity index (χ0n) is 14.4. The number of nitrogens with one attached hydrogen (secondary N) is 1. The molecule has 0 radical (unpaired) electrons. The molecule has 1 aliphatic heterocycles. The number of rotatable bonds is 4. The minimum absolute atomic E-state index is 0.00589. The van der Waals surface area contributed by atoms with Crippen LogP contribution in [0.2, 0.25) is 0 Å². The number of hydrogen-bond acceptors (Lipinski definition) is 7. The van der Waals surface area contributed by atoms with Crippen molar-refractivity contribution in [3.8, 4) is 5.88 Å². The van der Waals surface area contributed by atoms with Gasteiger partial charge in [0.1, 0.15) is 5.56 Å². The first kappa shape index (κ1) is 18.8. The molecule has 0 atom stereocenters. The predicted octanol–water partition coefficient (Wildman–Crippen LogP) is 1.77. The maximum Gasteiger partial charge on any atom is 0.491 e. The average molecular weight is 352 g/mol. The van der Waals surface area contributed by atoms with Gasteiger partial charge in [0, 0.05) is 12.7 Å². The van der Waals surface area contributed by atoms with Gasteiger partial charge < -0.3 is 19.4 Å². The topological polar surface area (TPSA) is 102 Å². The molecule has 130 valence electrons. The minimum Gasteiger partial charge on any atom is -0.493 e. The molecule has 1 aliphatic rings. The Hall–Kier alpha value is -1.58. The van der Waals surface area contributed by atoms with Crippen molar-refractivity contribution in [3.05, 3.63) is 27.7 Å². The van der Waals surface area contributed by atoms with Gasteiger partial charge in [0.05, 0.1) is 17.5 Å². The van der Waals surface area contributed by atoms with Gasteiger partial charge in [-0.25, -0.2) is 4.98 Å². The van der Waals surface area contributed by atoms with Crippen molar-refractivity contribution < 1.29 is 19.2 Å². The summed E-state index contributed by atoms with van der Waals surface area (Å²) in [6.45, 7) is 9.11. The molecule has 24 heavy (non-hydrogen) atoms. The highest BCUT2D eigenvalue weighted by Crippen LogP contribution is 2.39. The molecule has 1 saturated heterocycles. The van der Waals surface area contributed by atoms with E-state index in [1.165, 1.54) is 13.0 Å². The molecular formula is C15H21BN2O5S. The largest absolute Gasteiger partial charge is 0.493 e. The summed E-state index contributed by atoms with van der Waals surface area (Å²) in [5.74, 6) is -0.111. The Balaban J connectivity index is 2.41. The van der Waals surface area contributed by atoms with Gasteiger partial charge in [-0.3, -0.25) is 9.59 Å². The lowest BCUT2D eigenvalue weighted by molar-refractivity contribution is -0.109. The Morgan fingerprint density at radius 2 is 1.96 bits per heavy atom. The molecule has 0 amide bonds. The molecule has 2 rings (SSSR count). The normalized spacial score (nSPS) is 19.5. The molecule has 1 aromatic rings. The Morgan fingerprint density at radius 1 is 1.38 bits per heavy atom. The van der Waals surface area contributed by atoms with E-state index >= 15 is 0 Å². The first-order chi connectivity index (χ1) is 11.0. The standard InChI is InChI=1S/C15H21BN2O5S/c1-9(19)24-7-10(6-11-12(20)17-8-18-13(11)21)16-22-14(2,3)15(4,5)23-16/h6,8H,7H2,1-5H3,(H2,17,18,20,21). The second-order valence-electron chi connectivity index (χ2n) is 6.56. The summed E-state index contributed by atoms with van der Waals surface area (Å²) in [6.07, 6.45) is 2.59. The fourth-order valence-electron chi connectivity index (χ4n) is 2.07. The second-order valence-corrected chi connectivity index (χ2v) is 7.71. The molecule has 0 aromatic carbocycles. The van der Waals surface area contributed by atoms with E-state index in [0.717, 1.165) is 18.1 Å². The zero-order valence-corrected chi connectivity index (χ0v) is 15.2. The van der Waals surface area contributed by atoms with Crippen LogP contribution in [0.4, 0.5) is 0 Å².